The smallest absolute Gasteiger partial charge is 0.341 e. The number of ketones is 1. The number of halogens is 2. The van der Waals surface area contributed by atoms with Gasteiger partial charge in [0.2, 0.25) is 3.23 Å². The normalized spacial score (nSPS) is 10.8. The van der Waals surface area contributed by atoms with Gasteiger partial charge in [0.05, 0.1) is 6.61 Å². The highest BCUT2D eigenvalue weighted by Crippen LogP contribution is 2.30. The van der Waals surface area contributed by atoms with E-state index in [-0.39, 0.29) is 12.4 Å². The molecule has 0 radical (unpaired) electrons. The van der Waals surface area contributed by atoms with E-state index in [2.05, 4.69) is 31.9 Å². The molecular formula is C11H16Br2O3. The number of carbonyl (C=O) groups is 2. The summed E-state index contributed by atoms with van der Waals surface area (Å²) in [5.41, 5.74) is 1.15. The van der Waals surface area contributed by atoms with Gasteiger partial charge in [-0.2, -0.15) is 0 Å². The maximum absolute atomic E-state index is 11.7. The lowest BCUT2D eigenvalue weighted by Crippen LogP contribution is -2.35. The summed E-state index contributed by atoms with van der Waals surface area (Å²) in [5, 5.41) is 0. The number of hydrogen-bond donors (Lipinski definition) is 0. The van der Waals surface area contributed by atoms with E-state index in [0.29, 0.717) is 12.8 Å². The Hall–Kier alpha value is -0.160. The SMILES string of the molecule is CCOC(=O)C(Br)(Br)C(=O)CCC=C(C)C. The molecule has 0 bridgehead atoms. The maximum Gasteiger partial charge on any atom is 0.341 e. The molecule has 0 heterocycles. The molecule has 0 atom stereocenters. The molecule has 0 rings (SSSR count). The van der Waals surface area contributed by atoms with Gasteiger partial charge < -0.3 is 4.74 Å². The van der Waals surface area contributed by atoms with Gasteiger partial charge in [0.15, 0.2) is 5.78 Å². The van der Waals surface area contributed by atoms with Crippen LogP contribution in [0.2, 0.25) is 0 Å². The Morgan fingerprint density at radius 3 is 2.31 bits per heavy atom. The third kappa shape index (κ3) is 5.25. The van der Waals surface area contributed by atoms with E-state index in [4.69, 9.17) is 4.74 Å². The van der Waals surface area contributed by atoms with Crippen molar-refractivity contribution in [3.63, 3.8) is 0 Å². The average Bonchev–Trinajstić information content (AvgIpc) is 2.17. The molecule has 0 saturated heterocycles. The molecule has 0 N–H and O–H groups in total. The van der Waals surface area contributed by atoms with Crippen molar-refractivity contribution in [2.45, 2.75) is 36.8 Å². The van der Waals surface area contributed by atoms with Gasteiger partial charge in [-0.15, -0.1) is 0 Å². The maximum atomic E-state index is 11.7. The van der Waals surface area contributed by atoms with Gasteiger partial charge >= 0.3 is 5.97 Å². The van der Waals surface area contributed by atoms with Crippen molar-refractivity contribution in [1.82, 2.24) is 0 Å². The predicted molar refractivity (Wildman–Crippen MR) is 70.9 cm³/mol. The van der Waals surface area contributed by atoms with Gasteiger partial charge in [0.1, 0.15) is 0 Å². The predicted octanol–water partition coefficient (Wildman–Crippen LogP) is 3.35. The summed E-state index contributed by atoms with van der Waals surface area (Å²) in [6.45, 7) is 5.87. The van der Waals surface area contributed by atoms with Gasteiger partial charge in [0.25, 0.3) is 0 Å². The van der Waals surface area contributed by atoms with E-state index in [1.165, 1.54) is 0 Å². The molecule has 0 fully saturated rings. The third-order valence-corrected chi connectivity index (χ3v) is 3.34. The second-order valence-corrected chi connectivity index (χ2v) is 6.98. The summed E-state index contributed by atoms with van der Waals surface area (Å²) in [4.78, 5) is 23.2. The first-order valence-corrected chi connectivity index (χ1v) is 6.62. The minimum atomic E-state index is -1.40. The molecule has 0 aromatic carbocycles. The molecule has 0 spiro atoms. The number of Topliss-reactive ketones (excluding diaryl/α,β-unsaturated/α-hetero) is 1. The minimum Gasteiger partial charge on any atom is -0.464 e. The minimum absolute atomic E-state index is 0.233. The molecule has 0 aromatic rings. The van der Waals surface area contributed by atoms with Crippen LogP contribution in [0.4, 0.5) is 0 Å². The van der Waals surface area contributed by atoms with Crippen LogP contribution in [0.5, 0.6) is 0 Å². The van der Waals surface area contributed by atoms with Crippen LogP contribution in [-0.2, 0) is 14.3 Å². The second-order valence-electron chi connectivity index (χ2n) is 3.54. The van der Waals surface area contributed by atoms with Crippen molar-refractivity contribution in [3.05, 3.63) is 11.6 Å². The summed E-state index contributed by atoms with van der Waals surface area (Å²) < 4.78 is 3.39. The summed E-state index contributed by atoms with van der Waals surface area (Å²) >= 11 is 6.11. The van der Waals surface area contributed by atoms with Gasteiger partial charge in [0, 0.05) is 6.42 Å². The monoisotopic (exact) mass is 354 g/mol. The van der Waals surface area contributed by atoms with Crippen molar-refractivity contribution >= 4 is 43.6 Å². The largest absolute Gasteiger partial charge is 0.464 e. The van der Waals surface area contributed by atoms with Gasteiger partial charge in [-0.3, -0.25) is 4.79 Å². The second kappa shape index (κ2) is 7.22. The number of ether oxygens (including phenoxy) is 1. The lowest BCUT2D eigenvalue weighted by molar-refractivity contribution is -0.145. The molecule has 5 heteroatoms. The molecule has 0 saturated carbocycles. The van der Waals surface area contributed by atoms with Crippen LogP contribution in [0.1, 0.15) is 33.6 Å². The number of esters is 1. The Morgan fingerprint density at radius 1 is 1.31 bits per heavy atom. The first-order valence-electron chi connectivity index (χ1n) is 5.04. The Kier molecular flexibility index (Phi) is 7.15. The van der Waals surface area contributed by atoms with E-state index >= 15 is 0 Å². The van der Waals surface area contributed by atoms with E-state index in [0.717, 1.165) is 5.57 Å². The number of alkyl halides is 2. The topological polar surface area (TPSA) is 43.4 Å². The molecular weight excluding hydrogens is 340 g/mol. The summed E-state index contributed by atoms with van der Waals surface area (Å²) in [7, 11) is 0. The van der Waals surface area contributed by atoms with Crippen LogP contribution in [0.25, 0.3) is 0 Å². The Balaban J connectivity index is 4.35. The molecule has 0 amide bonds. The van der Waals surface area contributed by atoms with Crippen LogP contribution < -0.4 is 0 Å². The highest BCUT2D eigenvalue weighted by Gasteiger charge is 2.41. The van der Waals surface area contributed by atoms with E-state index in [9.17, 15) is 9.59 Å². The molecule has 16 heavy (non-hydrogen) atoms. The molecule has 0 unspecified atom stereocenters. The number of carbonyl (C=O) groups excluding carboxylic acids is 2. The fourth-order valence-corrected chi connectivity index (χ4v) is 1.61. The molecule has 0 aliphatic rings. The molecule has 3 nitrogen and oxygen atoms in total. The molecule has 0 aliphatic carbocycles. The third-order valence-electron chi connectivity index (χ3n) is 1.81. The molecule has 0 aromatic heterocycles. The Bertz CT molecular complexity index is 292. The van der Waals surface area contributed by atoms with Gasteiger partial charge in [-0.1, -0.05) is 43.5 Å². The number of hydrogen-bond acceptors (Lipinski definition) is 3. The lowest BCUT2D eigenvalue weighted by Gasteiger charge is -2.16. The summed E-state index contributed by atoms with van der Waals surface area (Å²) in [6, 6.07) is 0. The molecule has 0 aliphatic heterocycles. The average molecular weight is 356 g/mol. The van der Waals surface area contributed by atoms with Crippen LogP contribution in [0.3, 0.4) is 0 Å². The van der Waals surface area contributed by atoms with Gasteiger partial charge in [-0.25, -0.2) is 4.79 Å². The quantitative estimate of drug-likeness (QED) is 0.317. The standard InChI is InChI=1S/C11H16Br2O3/c1-4-16-10(15)11(12,13)9(14)7-5-6-8(2)3/h6H,4-5,7H2,1-3H3. The van der Waals surface area contributed by atoms with E-state index in [1.807, 2.05) is 19.9 Å². The van der Waals surface area contributed by atoms with Crippen molar-refractivity contribution in [1.29, 1.82) is 0 Å². The van der Waals surface area contributed by atoms with Crippen LogP contribution in [-0.4, -0.2) is 21.6 Å². The number of allylic oxidation sites excluding steroid dienone is 2. The van der Waals surface area contributed by atoms with Crippen molar-refractivity contribution in [2.24, 2.45) is 0 Å². The first kappa shape index (κ1) is 15.8. The summed E-state index contributed by atoms with van der Waals surface area (Å²) in [5.74, 6) is -0.833. The molecule has 92 valence electrons. The van der Waals surface area contributed by atoms with E-state index < -0.39 is 9.20 Å². The van der Waals surface area contributed by atoms with Crippen molar-refractivity contribution < 1.29 is 14.3 Å². The summed E-state index contributed by atoms with van der Waals surface area (Å²) in [6.07, 6.45) is 2.87. The van der Waals surface area contributed by atoms with Crippen LogP contribution in [0.15, 0.2) is 11.6 Å². The van der Waals surface area contributed by atoms with Crippen molar-refractivity contribution in [3.8, 4) is 0 Å². The highest BCUT2D eigenvalue weighted by molar-refractivity contribution is 9.26. The zero-order valence-corrected chi connectivity index (χ0v) is 12.9. The fourth-order valence-electron chi connectivity index (χ4n) is 0.984. The lowest BCUT2D eigenvalue weighted by atomic mass is 10.1. The Morgan fingerprint density at radius 2 is 1.88 bits per heavy atom. The van der Waals surface area contributed by atoms with Crippen LogP contribution in [0, 0.1) is 0 Å². The zero-order chi connectivity index (χ0) is 12.8. The first-order chi connectivity index (χ1) is 7.32. The van der Waals surface area contributed by atoms with E-state index in [1.54, 1.807) is 6.92 Å². The van der Waals surface area contributed by atoms with Crippen molar-refractivity contribution in [2.75, 3.05) is 6.61 Å². The zero-order valence-electron chi connectivity index (χ0n) is 9.68. The van der Waals surface area contributed by atoms with Gasteiger partial charge in [-0.05, 0) is 27.2 Å². The fraction of sp³-hybridized carbons (Fsp3) is 0.636. The highest BCUT2D eigenvalue weighted by atomic mass is 79.9. The van der Waals surface area contributed by atoms with Crippen LogP contribution >= 0.6 is 31.9 Å². The Labute approximate surface area is 113 Å². The number of rotatable bonds is 6.